The van der Waals surface area contributed by atoms with Crippen LogP contribution in [-0.4, -0.2) is 36.8 Å². The minimum atomic E-state index is -4.68. The molecule has 0 atom stereocenters. The summed E-state index contributed by atoms with van der Waals surface area (Å²) in [5, 5.41) is 10.6. The lowest BCUT2D eigenvalue weighted by Crippen LogP contribution is -2.27. The highest BCUT2D eigenvalue weighted by atomic mass is 79.9. The van der Waals surface area contributed by atoms with Gasteiger partial charge in [0.05, 0.1) is 22.9 Å². The molecular weight excluding hydrogens is 501 g/mol. The lowest BCUT2D eigenvalue weighted by molar-refractivity contribution is -0.142. The molecule has 0 aliphatic carbocycles. The Hall–Kier alpha value is -3.21. The molecule has 0 aliphatic heterocycles. The van der Waals surface area contributed by atoms with Crippen molar-refractivity contribution in [3.05, 3.63) is 70.2 Å². The van der Waals surface area contributed by atoms with Crippen LogP contribution in [0, 0.1) is 0 Å². The average Bonchev–Trinajstić information content (AvgIpc) is 3.38. The van der Waals surface area contributed by atoms with Gasteiger partial charge in [0.15, 0.2) is 17.0 Å². The maximum Gasteiger partial charge on any atom is 0.433 e. The molecule has 0 fully saturated rings. The summed E-state index contributed by atoms with van der Waals surface area (Å²) in [4.78, 5) is 16.8. The number of halogens is 4. The third kappa shape index (κ3) is 5.08. The van der Waals surface area contributed by atoms with Crippen LogP contribution >= 0.6 is 15.9 Å². The lowest BCUT2D eigenvalue weighted by Gasteiger charge is -2.11. The quantitative estimate of drug-likeness (QED) is 0.391. The van der Waals surface area contributed by atoms with Crippen LogP contribution in [0.4, 0.5) is 13.2 Å². The summed E-state index contributed by atoms with van der Waals surface area (Å²) >= 11 is 3.28. The van der Waals surface area contributed by atoms with Crippen LogP contribution in [0.3, 0.4) is 0 Å². The molecule has 0 unspecified atom stereocenters. The summed E-state index contributed by atoms with van der Waals surface area (Å²) in [5.74, 6) is -0.298. The first-order valence-electron chi connectivity index (χ1n) is 10.2. The van der Waals surface area contributed by atoms with E-state index in [-0.39, 0.29) is 23.6 Å². The van der Waals surface area contributed by atoms with E-state index in [9.17, 15) is 18.0 Å². The van der Waals surface area contributed by atoms with Crippen molar-refractivity contribution >= 4 is 27.5 Å². The molecule has 0 bridgehead atoms. The third-order valence-electron chi connectivity index (χ3n) is 5.05. The van der Waals surface area contributed by atoms with Crippen molar-refractivity contribution in [2.75, 3.05) is 6.54 Å². The molecule has 0 radical (unpaired) electrons. The summed E-state index contributed by atoms with van der Waals surface area (Å²) in [6.45, 7) is 4.70. The average molecular weight is 521 g/mol. The van der Waals surface area contributed by atoms with Gasteiger partial charge in [0.2, 0.25) is 0 Å². The molecule has 1 aromatic carbocycles. The highest BCUT2D eigenvalue weighted by Gasteiger charge is 2.35. The van der Waals surface area contributed by atoms with Gasteiger partial charge in [-0.1, -0.05) is 38.1 Å². The van der Waals surface area contributed by atoms with Crippen LogP contribution in [-0.2, 0) is 12.7 Å². The predicted molar refractivity (Wildman–Crippen MR) is 120 cm³/mol. The Kier molecular flexibility index (Phi) is 6.24. The number of nitrogens with zero attached hydrogens (tertiary/aromatic N) is 5. The van der Waals surface area contributed by atoms with Crippen LogP contribution in [0.25, 0.3) is 16.9 Å². The summed E-state index contributed by atoms with van der Waals surface area (Å²) < 4.78 is 44.4. The molecule has 3 aromatic heterocycles. The largest absolute Gasteiger partial charge is 0.433 e. The minimum absolute atomic E-state index is 0.0612. The molecule has 33 heavy (non-hydrogen) atoms. The number of carbonyl (C=O) groups is 1. The molecule has 0 saturated carbocycles. The SMILES string of the molecule is CC(C)c1ccc(-c2cc(C(F)(F)F)n3nc(C(=O)NCCn4cc(Br)cn4)cc3n2)cc1. The molecule has 1 N–H and O–H groups in total. The number of amides is 1. The highest BCUT2D eigenvalue weighted by molar-refractivity contribution is 9.10. The van der Waals surface area contributed by atoms with Crippen LogP contribution < -0.4 is 5.32 Å². The van der Waals surface area contributed by atoms with Gasteiger partial charge in [-0.3, -0.25) is 9.48 Å². The van der Waals surface area contributed by atoms with E-state index in [1.54, 1.807) is 29.2 Å². The number of alkyl halides is 3. The molecule has 172 valence electrons. The van der Waals surface area contributed by atoms with Crippen molar-refractivity contribution in [2.45, 2.75) is 32.5 Å². The Morgan fingerprint density at radius 1 is 1.18 bits per heavy atom. The van der Waals surface area contributed by atoms with Crippen molar-refractivity contribution in [3.8, 4) is 11.3 Å². The van der Waals surface area contributed by atoms with Crippen molar-refractivity contribution in [2.24, 2.45) is 0 Å². The summed E-state index contributed by atoms with van der Waals surface area (Å²) in [5.41, 5.74) is 0.555. The van der Waals surface area contributed by atoms with E-state index in [0.29, 0.717) is 22.5 Å². The Morgan fingerprint density at radius 2 is 1.91 bits per heavy atom. The number of hydrogen-bond donors (Lipinski definition) is 1. The molecule has 4 aromatic rings. The van der Waals surface area contributed by atoms with Gasteiger partial charge in [0.25, 0.3) is 5.91 Å². The topological polar surface area (TPSA) is 77.1 Å². The Balaban J connectivity index is 1.63. The first-order valence-corrected chi connectivity index (χ1v) is 11.0. The minimum Gasteiger partial charge on any atom is -0.349 e. The summed E-state index contributed by atoms with van der Waals surface area (Å²) in [6, 6.07) is 9.42. The van der Waals surface area contributed by atoms with Crippen LogP contribution in [0.1, 0.15) is 41.5 Å². The van der Waals surface area contributed by atoms with Gasteiger partial charge in [-0.2, -0.15) is 23.4 Å². The number of hydrogen-bond acceptors (Lipinski definition) is 4. The number of carbonyl (C=O) groups excluding carboxylic acids is 1. The molecule has 0 aliphatic rings. The lowest BCUT2D eigenvalue weighted by atomic mass is 10.0. The normalized spacial score (nSPS) is 12.0. The zero-order valence-electron chi connectivity index (χ0n) is 17.8. The van der Waals surface area contributed by atoms with Gasteiger partial charge in [0.1, 0.15) is 0 Å². The second-order valence-corrected chi connectivity index (χ2v) is 8.69. The van der Waals surface area contributed by atoms with Gasteiger partial charge >= 0.3 is 6.18 Å². The molecule has 1 amide bonds. The van der Waals surface area contributed by atoms with E-state index in [1.807, 2.05) is 26.0 Å². The molecule has 3 heterocycles. The first kappa shape index (κ1) is 23.0. The third-order valence-corrected chi connectivity index (χ3v) is 5.46. The van der Waals surface area contributed by atoms with Crippen molar-refractivity contribution < 1.29 is 18.0 Å². The number of benzene rings is 1. The molecule has 11 heteroatoms. The van der Waals surface area contributed by atoms with Gasteiger partial charge in [-0.15, -0.1) is 0 Å². The first-order chi connectivity index (χ1) is 15.6. The zero-order valence-corrected chi connectivity index (χ0v) is 19.4. The van der Waals surface area contributed by atoms with Gasteiger partial charge in [0, 0.05) is 24.4 Å². The number of nitrogens with one attached hydrogen (secondary N) is 1. The van der Waals surface area contributed by atoms with E-state index in [1.165, 1.54) is 6.07 Å². The number of rotatable bonds is 6. The van der Waals surface area contributed by atoms with Crippen molar-refractivity contribution in [1.29, 1.82) is 0 Å². The van der Waals surface area contributed by atoms with Gasteiger partial charge < -0.3 is 5.32 Å². The fraction of sp³-hybridized carbons (Fsp3) is 0.273. The van der Waals surface area contributed by atoms with E-state index in [0.717, 1.165) is 16.1 Å². The van der Waals surface area contributed by atoms with Crippen LogP contribution in [0.5, 0.6) is 0 Å². The van der Waals surface area contributed by atoms with Gasteiger partial charge in [-0.25, -0.2) is 9.50 Å². The predicted octanol–water partition coefficient (Wildman–Crippen LogP) is 4.93. The molecule has 4 rings (SSSR count). The van der Waals surface area contributed by atoms with E-state index in [2.05, 4.69) is 36.4 Å². The van der Waals surface area contributed by atoms with Crippen molar-refractivity contribution in [3.63, 3.8) is 0 Å². The standard InChI is InChI=1S/C22H20BrF3N6O/c1-13(2)14-3-5-15(6-4-14)17-9-19(22(24,25)26)32-20(29-17)10-18(30-32)21(33)27-7-8-31-12-16(23)11-28-31/h3-6,9-13H,7-8H2,1-2H3,(H,27,33). The fourth-order valence-electron chi connectivity index (χ4n) is 3.31. The second kappa shape index (κ2) is 8.97. The number of fused-ring (bicyclic) bond motifs is 1. The Labute approximate surface area is 195 Å². The molecule has 0 spiro atoms. The zero-order chi connectivity index (χ0) is 23.8. The van der Waals surface area contributed by atoms with Gasteiger partial charge in [-0.05, 0) is 33.5 Å². The molecule has 0 saturated heterocycles. The molecule has 7 nitrogen and oxygen atoms in total. The summed E-state index contributed by atoms with van der Waals surface area (Å²) in [6.07, 6.45) is -1.32. The number of aromatic nitrogens is 5. The van der Waals surface area contributed by atoms with Crippen molar-refractivity contribution in [1.82, 2.24) is 29.7 Å². The maximum atomic E-state index is 13.8. The Bertz CT molecular complexity index is 1290. The maximum absolute atomic E-state index is 13.8. The Morgan fingerprint density at radius 3 is 2.52 bits per heavy atom. The van der Waals surface area contributed by atoms with E-state index >= 15 is 0 Å². The fourth-order valence-corrected chi connectivity index (χ4v) is 3.64. The van der Waals surface area contributed by atoms with Crippen LogP contribution in [0.2, 0.25) is 0 Å². The van der Waals surface area contributed by atoms with E-state index < -0.39 is 17.8 Å². The smallest absolute Gasteiger partial charge is 0.349 e. The van der Waals surface area contributed by atoms with E-state index in [4.69, 9.17) is 0 Å². The molecular formula is C22H20BrF3N6O. The summed E-state index contributed by atoms with van der Waals surface area (Å²) in [7, 11) is 0. The monoisotopic (exact) mass is 520 g/mol. The second-order valence-electron chi connectivity index (χ2n) is 7.78. The van der Waals surface area contributed by atoms with Crippen LogP contribution in [0.15, 0.2) is 53.3 Å². The highest BCUT2D eigenvalue weighted by Crippen LogP contribution is 2.32.